The molecule has 0 aliphatic carbocycles. The van der Waals surface area contributed by atoms with Gasteiger partial charge in [-0.3, -0.25) is 0 Å². The minimum Gasteiger partial charge on any atom is -0.493 e. The molecule has 0 amide bonds. The van der Waals surface area contributed by atoms with E-state index in [4.69, 9.17) is 4.74 Å². The Balaban J connectivity index is 2.56. The van der Waals surface area contributed by atoms with Gasteiger partial charge in [0.1, 0.15) is 5.75 Å². The van der Waals surface area contributed by atoms with Crippen molar-refractivity contribution >= 4 is 0 Å². The molecule has 1 nitrogen and oxygen atoms in total. The Morgan fingerprint density at radius 3 is 2.85 bits per heavy atom. The second kappa shape index (κ2) is 5.63. The lowest BCUT2D eigenvalue weighted by atomic mass is 10.1. The SMILES string of the molecule is CCCCc1[c]c(OCC)ccc1. The molecule has 0 bridgehead atoms. The quantitative estimate of drug-likeness (QED) is 0.671. The fourth-order valence-electron chi connectivity index (χ4n) is 1.25. The van der Waals surface area contributed by atoms with Crippen LogP contribution in [-0.4, -0.2) is 6.61 Å². The molecule has 0 saturated heterocycles. The average Bonchev–Trinajstić information content (AvgIpc) is 2.16. The molecule has 0 aliphatic rings. The Hall–Kier alpha value is -0.980. The maximum Gasteiger partial charge on any atom is 0.127 e. The van der Waals surface area contributed by atoms with Crippen LogP contribution >= 0.6 is 0 Å². The van der Waals surface area contributed by atoms with Gasteiger partial charge >= 0.3 is 0 Å². The summed E-state index contributed by atoms with van der Waals surface area (Å²) in [6.07, 6.45) is 3.57. The van der Waals surface area contributed by atoms with Crippen LogP contribution in [0, 0.1) is 6.07 Å². The maximum absolute atomic E-state index is 5.37. The first-order valence-corrected chi connectivity index (χ1v) is 5.00. The normalized spacial score (nSPS) is 10.0. The van der Waals surface area contributed by atoms with Gasteiger partial charge in [-0.1, -0.05) is 25.5 Å². The Kier molecular flexibility index (Phi) is 4.37. The number of aryl methyl sites for hydroxylation is 1. The van der Waals surface area contributed by atoms with Crippen LogP contribution in [0.25, 0.3) is 0 Å². The van der Waals surface area contributed by atoms with Crippen LogP contribution in [0.3, 0.4) is 0 Å². The second-order valence-corrected chi connectivity index (χ2v) is 3.08. The first kappa shape index (κ1) is 10.1. The van der Waals surface area contributed by atoms with Crippen LogP contribution in [0.5, 0.6) is 5.75 Å². The third-order valence-corrected chi connectivity index (χ3v) is 1.93. The van der Waals surface area contributed by atoms with Gasteiger partial charge in [-0.15, -0.1) is 0 Å². The van der Waals surface area contributed by atoms with E-state index in [9.17, 15) is 0 Å². The highest BCUT2D eigenvalue weighted by Crippen LogP contribution is 2.13. The van der Waals surface area contributed by atoms with E-state index in [1.807, 2.05) is 19.1 Å². The molecule has 0 heterocycles. The first-order valence-electron chi connectivity index (χ1n) is 5.00. The molecule has 71 valence electrons. The summed E-state index contributed by atoms with van der Waals surface area (Å²) in [7, 11) is 0. The summed E-state index contributed by atoms with van der Waals surface area (Å²) in [6.45, 7) is 4.91. The number of benzene rings is 1. The minimum absolute atomic E-state index is 0.716. The molecule has 0 saturated carbocycles. The Bertz CT molecular complexity index is 243. The van der Waals surface area contributed by atoms with Crippen LogP contribution in [0.2, 0.25) is 0 Å². The number of ether oxygens (including phenoxy) is 1. The monoisotopic (exact) mass is 177 g/mol. The van der Waals surface area contributed by atoms with Crippen molar-refractivity contribution in [1.29, 1.82) is 0 Å². The molecular weight excluding hydrogens is 160 g/mol. The molecule has 0 fully saturated rings. The van der Waals surface area contributed by atoms with Gasteiger partial charge < -0.3 is 4.74 Å². The van der Waals surface area contributed by atoms with Crippen molar-refractivity contribution in [1.82, 2.24) is 0 Å². The van der Waals surface area contributed by atoms with Gasteiger partial charge in [0.2, 0.25) is 0 Å². The van der Waals surface area contributed by atoms with Gasteiger partial charge in [-0.05, 0) is 31.4 Å². The molecule has 1 aromatic carbocycles. The Morgan fingerprint density at radius 1 is 1.31 bits per heavy atom. The molecule has 0 spiro atoms. The van der Waals surface area contributed by atoms with Gasteiger partial charge in [0.15, 0.2) is 0 Å². The molecule has 1 radical (unpaired) electrons. The summed E-state index contributed by atoms with van der Waals surface area (Å²) < 4.78 is 5.37. The molecule has 1 rings (SSSR count). The third-order valence-electron chi connectivity index (χ3n) is 1.93. The average molecular weight is 177 g/mol. The third kappa shape index (κ3) is 3.49. The highest BCUT2D eigenvalue weighted by Gasteiger charge is 1.96. The van der Waals surface area contributed by atoms with Crippen molar-refractivity contribution in [3.63, 3.8) is 0 Å². The van der Waals surface area contributed by atoms with Gasteiger partial charge in [0, 0.05) is 6.07 Å². The minimum atomic E-state index is 0.716. The fourth-order valence-corrected chi connectivity index (χ4v) is 1.25. The van der Waals surface area contributed by atoms with Gasteiger partial charge in [0.05, 0.1) is 6.61 Å². The second-order valence-electron chi connectivity index (χ2n) is 3.08. The van der Waals surface area contributed by atoms with Gasteiger partial charge in [-0.25, -0.2) is 0 Å². The van der Waals surface area contributed by atoms with Crippen LogP contribution in [0.4, 0.5) is 0 Å². The van der Waals surface area contributed by atoms with Gasteiger partial charge in [-0.2, -0.15) is 0 Å². The Morgan fingerprint density at radius 2 is 2.15 bits per heavy atom. The Labute approximate surface area is 80.7 Å². The molecule has 0 unspecified atom stereocenters. The summed E-state index contributed by atoms with van der Waals surface area (Å²) in [4.78, 5) is 0. The summed E-state index contributed by atoms with van der Waals surface area (Å²) in [6, 6.07) is 9.36. The van der Waals surface area contributed by atoms with Crippen molar-refractivity contribution in [3.05, 3.63) is 29.8 Å². The van der Waals surface area contributed by atoms with E-state index in [-0.39, 0.29) is 0 Å². The fraction of sp³-hybridized carbons (Fsp3) is 0.500. The summed E-state index contributed by atoms with van der Waals surface area (Å²) in [5.41, 5.74) is 1.26. The van der Waals surface area contributed by atoms with E-state index in [0.29, 0.717) is 6.61 Å². The van der Waals surface area contributed by atoms with E-state index in [1.165, 1.54) is 18.4 Å². The number of unbranched alkanes of at least 4 members (excludes halogenated alkanes) is 1. The van der Waals surface area contributed by atoms with Crippen molar-refractivity contribution in [2.75, 3.05) is 6.61 Å². The zero-order chi connectivity index (χ0) is 9.52. The maximum atomic E-state index is 5.37. The lowest BCUT2D eigenvalue weighted by molar-refractivity contribution is 0.339. The lowest BCUT2D eigenvalue weighted by Crippen LogP contribution is -1.93. The first-order chi connectivity index (χ1) is 6.36. The van der Waals surface area contributed by atoms with Crippen molar-refractivity contribution < 1.29 is 4.74 Å². The van der Waals surface area contributed by atoms with E-state index >= 15 is 0 Å². The van der Waals surface area contributed by atoms with E-state index in [1.54, 1.807) is 0 Å². The van der Waals surface area contributed by atoms with Crippen LogP contribution in [0.15, 0.2) is 18.2 Å². The predicted molar refractivity (Wildman–Crippen MR) is 55.1 cm³/mol. The van der Waals surface area contributed by atoms with Crippen molar-refractivity contribution in [3.8, 4) is 5.75 Å². The summed E-state index contributed by atoms with van der Waals surface area (Å²) >= 11 is 0. The van der Waals surface area contributed by atoms with Crippen LogP contribution in [0.1, 0.15) is 32.3 Å². The number of hydrogen-bond donors (Lipinski definition) is 0. The van der Waals surface area contributed by atoms with E-state index in [0.717, 1.165) is 12.2 Å². The topological polar surface area (TPSA) is 9.23 Å². The number of hydrogen-bond acceptors (Lipinski definition) is 1. The van der Waals surface area contributed by atoms with Crippen molar-refractivity contribution in [2.45, 2.75) is 33.1 Å². The molecule has 1 heteroatoms. The highest BCUT2D eigenvalue weighted by atomic mass is 16.5. The zero-order valence-corrected chi connectivity index (χ0v) is 8.47. The summed E-state index contributed by atoms with van der Waals surface area (Å²) in [5.74, 6) is 0.871. The smallest absolute Gasteiger partial charge is 0.127 e. The largest absolute Gasteiger partial charge is 0.493 e. The highest BCUT2D eigenvalue weighted by molar-refractivity contribution is 5.26. The number of rotatable bonds is 5. The standard InChI is InChI=1S/C12H17O/c1-3-5-7-11-8-6-9-12(10-11)13-4-2/h6,8-9H,3-5,7H2,1-2H3. The van der Waals surface area contributed by atoms with E-state index < -0.39 is 0 Å². The van der Waals surface area contributed by atoms with Crippen LogP contribution in [-0.2, 0) is 6.42 Å². The predicted octanol–water partition coefficient (Wildman–Crippen LogP) is 3.23. The lowest BCUT2D eigenvalue weighted by Gasteiger charge is -2.04. The zero-order valence-electron chi connectivity index (χ0n) is 8.47. The van der Waals surface area contributed by atoms with Gasteiger partial charge in [0.25, 0.3) is 0 Å². The van der Waals surface area contributed by atoms with E-state index in [2.05, 4.69) is 19.1 Å². The molecular formula is C12H17O. The molecule has 1 aromatic rings. The molecule has 0 aromatic heterocycles. The van der Waals surface area contributed by atoms with Crippen molar-refractivity contribution in [2.24, 2.45) is 0 Å². The molecule has 0 atom stereocenters. The molecule has 0 aliphatic heterocycles. The molecule has 0 N–H and O–H groups in total. The molecule has 13 heavy (non-hydrogen) atoms. The van der Waals surface area contributed by atoms with Crippen LogP contribution < -0.4 is 4.74 Å². The summed E-state index contributed by atoms with van der Waals surface area (Å²) in [5, 5.41) is 0.